The van der Waals surface area contributed by atoms with Crippen molar-refractivity contribution in [1.82, 2.24) is 15.1 Å². The van der Waals surface area contributed by atoms with Gasteiger partial charge in [-0.2, -0.15) is 5.10 Å². The second kappa shape index (κ2) is 16.6. The van der Waals surface area contributed by atoms with Gasteiger partial charge in [0.25, 0.3) is 5.91 Å². The number of fused-ring (bicyclic) bond motifs is 1. The van der Waals surface area contributed by atoms with Crippen LogP contribution in [0.1, 0.15) is 133 Å². The Morgan fingerprint density at radius 1 is 1.10 bits per heavy atom. The van der Waals surface area contributed by atoms with E-state index in [0.29, 0.717) is 17.4 Å². The molecule has 6 rings (SSSR count). The SMILES string of the molecule is CC(CN1CC(Nc2ccc3c(c2F)[C@@](C)(c2cccc(Cl)c2F)CN(c2[nH]ncc2C(C)C(C)C)C3=O)C1)=C1CCC1.CCCCC(C)CC. The van der Waals surface area contributed by atoms with Gasteiger partial charge >= 0.3 is 0 Å². The summed E-state index contributed by atoms with van der Waals surface area (Å²) in [5, 5.41) is 10.6. The molecule has 3 heterocycles. The molecule has 9 heteroatoms. The summed E-state index contributed by atoms with van der Waals surface area (Å²) in [6, 6.07) is 8.16. The molecule has 2 unspecified atom stereocenters. The molecular formula is C42H58ClF2N5O. The fourth-order valence-electron chi connectivity index (χ4n) is 7.54. The molecule has 1 saturated heterocycles. The smallest absolute Gasteiger partial charge is 0.259 e. The molecule has 2 aliphatic heterocycles. The summed E-state index contributed by atoms with van der Waals surface area (Å²) in [5.74, 6) is 0.416. The van der Waals surface area contributed by atoms with Crippen molar-refractivity contribution in [2.24, 2.45) is 11.8 Å². The standard InChI is InChI=1S/C34H40ClF2N5O.C8H18/c1-19(2)21(4)25-14-38-40-32(25)42-18-34(5,26-10-7-11-27(35)30(26)36)29-24(33(42)43)12-13-28(31(29)37)39-23-16-41(17-23)15-20(3)22-8-6-9-22;1-4-6-7-8(3)5-2/h7,10-14,19,21,23,39H,6,8-9,15-18H2,1-5H3,(H,38,40);8H,4-7H2,1-3H3/t21?,34-;/m1./s1. The van der Waals surface area contributed by atoms with Crippen LogP contribution in [0.4, 0.5) is 20.3 Å². The highest BCUT2D eigenvalue weighted by Crippen LogP contribution is 2.46. The number of halogens is 3. The Labute approximate surface area is 309 Å². The van der Waals surface area contributed by atoms with Gasteiger partial charge in [-0.25, -0.2) is 8.78 Å². The van der Waals surface area contributed by atoms with Crippen LogP contribution in [0.25, 0.3) is 0 Å². The number of carbonyl (C=O) groups is 1. The van der Waals surface area contributed by atoms with Crippen molar-refractivity contribution in [2.45, 2.75) is 118 Å². The third-order valence-corrected chi connectivity index (χ3v) is 12.0. The van der Waals surface area contributed by atoms with Crippen molar-refractivity contribution >= 4 is 29.0 Å². The van der Waals surface area contributed by atoms with Gasteiger partial charge in [-0.05, 0) is 69.1 Å². The molecule has 6 nitrogen and oxygen atoms in total. The molecule has 1 aromatic heterocycles. The number of benzene rings is 2. The topological polar surface area (TPSA) is 64.3 Å². The number of carbonyl (C=O) groups excluding carboxylic acids is 1. The van der Waals surface area contributed by atoms with Gasteiger partial charge in [0.05, 0.1) is 22.9 Å². The summed E-state index contributed by atoms with van der Waals surface area (Å²) < 4.78 is 32.4. The molecule has 3 atom stereocenters. The van der Waals surface area contributed by atoms with Crippen LogP contribution in [-0.4, -0.2) is 53.2 Å². The van der Waals surface area contributed by atoms with Crippen LogP contribution < -0.4 is 10.2 Å². The van der Waals surface area contributed by atoms with E-state index in [1.807, 2.05) is 0 Å². The van der Waals surface area contributed by atoms with E-state index in [0.717, 1.165) is 31.1 Å². The normalized spacial score (nSPS) is 20.3. The average Bonchev–Trinajstić information content (AvgIpc) is 3.55. The lowest BCUT2D eigenvalue weighted by Gasteiger charge is -2.43. The predicted octanol–water partition coefficient (Wildman–Crippen LogP) is 10.9. The van der Waals surface area contributed by atoms with E-state index in [1.54, 1.807) is 47.9 Å². The minimum absolute atomic E-state index is 0.0155. The first-order valence-electron chi connectivity index (χ1n) is 19.1. The minimum Gasteiger partial charge on any atom is -0.377 e. The Morgan fingerprint density at radius 2 is 1.82 bits per heavy atom. The molecule has 2 N–H and O–H groups in total. The first-order chi connectivity index (χ1) is 24.3. The van der Waals surface area contributed by atoms with E-state index in [4.69, 9.17) is 11.6 Å². The Bertz CT molecular complexity index is 1710. The largest absolute Gasteiger partial charge is 0.377 e. The lowest BCUT2D eigenvalue weighted by Crippen LogP contribution is -2.55. The Kier molecular flexibility index (Phi) is 12.7. The highest BCUT2D eigenvalue weighted by molar-refractivity contribution is 6.30. The highest BCUT2D eigenvalue weighted by Gasteiger charge is 2.47. The summed E-state index contributed by atoms with van der Waals surface area (Å²) in [7, 11) is 0. The minimum atomic E-state index is -1.23. The fraction of sp³-hybridized carbons (Fsp3) is 0.571. The monoisotopic (exact) mass is 721 g/mol. The van der Waals surface area contributed by atoms with Crippen molar-refractivity contribution in [3.05, 3.63) is 86.6 Å². The van der Waals surface area contributed by atoms with Gasteiger partial charge in [-0.1, -0.05) is 102 Å². The number of aromatic nitrogens is 2. The van der Waals surface area contributed by atoms with Crippen LogP contribution in [0.3, 0.4) is 0 Å². The zero-order valence-corrected chi connectivity index (χ0v) is 32.7. The van der Waals surface area contributed by atoms with Crippen molar-refractivity contribution in [1.29, 1.82) is 0 Å². The number of H-pyrrole nitrogens is 1. The lowest BCUT2D eigenvalue weighted by molar-refractivity contribution is 0.0968. The van der Waals surface area contributed by atoms with Gasteiger partial charge < -0.3 is 5.32 Å². The maximum Gasteiger partial charge on any atom is 0.259 e. The number of hydrogen-bond donors (Lipinski definition) is 2. The number of hydrogen-bond acceptors (Lipinski definition) is 4. The van der Waals surface area contributed by atoms with E-state index in [9.17, 15) is 4.79 Å². The van der Waals surface area contributed by atoms with Crippen molar-refractivity contribution in [3.63, 3.8) is 0 Å². The maximum absolute atomic E-state index is 16.7. The fourth-order valence-corrected chi connectivity index (χ4v) is 7.71. The van der Waals surface area contributed by atoms with Crippen molar-refractivity contribution in [3.8, 4) is 0 Å². The Morgan fingerprint density at radius 3 is 2.45 bits per heavy atom. The first-order valence-corrected chi connectivity index (χ1v) is 19.5. The zero-order chi connectivity index (χ0) is 37.0. The number of unbranched alkanes of at least 4 members (excludes halogenated alkanes) is 1. The molecular weight excluding hydrogens is 664 g/mol. The molecule has 1 saturated carbocycles. The van der Waals surface area contributed by atoms with Crippen LogP contribution in [0.5, 0.6) is 0 Å². The number of likely N-dealkylation sites (tertiary alicyclic amines) is 1. The number of allylic oxidation sites excluding steroid dienone is 1. The molecule has 2 fully saturated rings. The van der Waals surface area contributed by atoms with E-state index in [-0.39, 0.29) is 46.1 Å². The molecule has 3 aromatic rings. The van der Waals surface area contributed by atoms with Crippen LogP contribution in [0, 0.1) is 23.5 Å². The quantitative estimate of drug-likeness (QED) is 0.183. The molecule has 3 aliphatic rings. The number of nitrogens with one attached hydrogen (secondary N) is 2. The van der Waals surface area contributed by atoms with Gasteiger partial charge in [0, 0.05) is 53.8 Å². The number of rotatable bonds is 12. The first kappa shape index (κ1) is 39.0. The molecule has 1 aliphatic carbocycles. The summed E-state index contributed by atoms with van der Waals surface area (Å²) in [4.78, 5) is 18.0. The lowest BCUT2D eigenvalue weighted by atomic mass is 9.70. The predicted molar refractivity (Wildman–Crippen MR) is 207 cm³/mol. The average molecular weight is 722 g/mol. The van der Waals surface area contributed by atoms with E-state index in [2.05, 4.69) is 68.9 Å². The number of aromatic amines is 1. The van der Waals surface area contributed by atoms with E-state index >= 15 is 8.78 Å². The Balaban J connectivity index is 0.000000565. The van der Waals surface area contributed by atoms with Crippen molar-refractivity contribution < 1.29 is 13.6 Å². The van der Waals surface area contributed by atoms with Gasteiger partial charge in [0.15, 0.2) is 5.82 Å². The molecule has 278 valence electrons. The Hall–Kier alpha value is -3.23. The van der Waals surface area contributed by atoms with E-state index < -0.39 is 17.0 Å². The highest BCUT2D eigenvalue weighted by atomic mass is 35.5. The molecule has 1 amide bonds. The third-order valence-electron chi connectivity index (χ3n) is 11.7. The van der Waals surface area contributed by atoms with Crippen LogP contribution >= 0.6 is 11.6 Å². The van der Waals surface area contributed by atoms with Crippen molar-refractivity contribution in [2.75, 3.05) is 36.4 Å². The van der Waals surface area contributed by atoms with Crippen LogP contribution in [-0.2, 0) is 5.41 Å². The second-order valence-electron chi connectivity index (χ2n) is 15.8. The summed E-state index contributed by atoms with van der Waals surface area (Å²) in [6.07, 6.45) is 11.0. The van der Waals surface area contributed by atoms with Gasteiger partial charge in [0.1, 0.15) is 11.6 Å². The molecule has 51 heavy (non-hydrogen) atoms. The van der Waals surface area contributed by atoms with E-state index in [1.165, 1.54) is 56.6 Å². The number of anilines is 2. The maximum atomic E-state index is 16.7. The molecule has 0 radical (unpaired) electrons. The molecule has 0 spiro atoms. The summed E-state index contributed by atoms with van der Waals surface area (Å²) >= 11 is 6.25. The zero-order valence-electron chi connectivity index (χ0n) is 31.9. The molecule has 0 bridgehead atoms. The molecule has 2 aromatic carbocycles. The number of nitrogens with zero attached hydrogens (tertiary/aromatic N) is 3. The number of amides is 1. The second-order valence-corrected chi connectivity index (χ2v) is 16.2. The third kappa shape index (κ3) is 8.22. The van der Waals surface area contributed by atoms with Crippen LogP contribution in [0.15, 0.2) is 47.7 Å². The van der Waals surface area contributed by atoms with Gasteiger partial charge in [-0.15, -0.1) is 0 Å². The van der Waals surface area contributed by atoms with Crippen LogP contribution in [0.2, 0.25) is 5.02 Å². The van der Waals surface area contributed by atoms with Gasteiger partial charge in [-0.3, -0.25) is 19.7 Å². The summed E-state index contributed by atoms with van der Waals surface area (Å²) in [5.41, 5.74) is 3.62. The van der Waals surface area contributed by atoms with Gasteiger partial charge in [0.2, 0.25) is 0 Å². The summed E-state index contributed by atoms with van der Waals surface area (Å²) in [6.45, 7) is 19.7.